The molecule has 10 heteroatoms. The Hall–Kier alpha value is -1.80. The average molecular weight is 357 g/mol. The quantitative estimate of drug-likeness (QED) is 0.687. The second kappa shape index (κ2) is 7.08. The van der Waals surface area contributed by atoms with Crippen molar-refractivity contribution in [3.63, 3.8) is 0 Å². The van der Waals surface area contributed by atoms with Gasteiger partial charge in [0.05, 0.1) is 12.1 Å². The van der Waals surface area contributed by atoms with Crippen LogP contribution in [0.4, 0.5) is 0 Å². The molecule has 137 valence electrons. The van der Waals surface area contributed by atoms with Gasteiger partial charge in [0.25, 0.3) is 0 Å². The molecular weight excluding hydrogens is 334 g/mol. The summed E-state index contributed by atoms with van der Waals surface area (Å²) < 4.78 is 5.34. The van der Waals surface area contributed by atoms with E-state index in [0.717, 1.165) is 0 Å². The third-order valence-electron chi connectivity index (χ3n) is 4.63. The second-order valence-corrected chi connectivity index (χ2v) is 7.59. The maximum atomic E-state index is 13.3. The number of aliphatic imine (C=N–C) groups is 1. The molecule has 3 heterocycles. The number of nitrogens with one attached hydrogen (secondary N) is 1. The van der Waals surface area contributed by atoms with Crippen LogP contribution in [0.25, 0.3) is 0 Å². The van der Waals surface area contributed by atoms with Crippen molar-refractivity contribution < 1.29 is 19.3 Å². The number of hydrogen-bond donors (Lipinski definition) is 2. The highest BCUT2D eigenvalue weighted by Crippen LogP contribution is 2.31. The first-order valence-electron chi connectivity index (χ1n) is 8.75. The minimum Gasteiger partial charge on any atom is -0.391 e. The van der Waals surface area contributed by atoms with E-state index >= 15 is 0 Å². The van der Waals surface area contributed by atoms with E-state index in [1.54, 1.807) is 11.0 Å². The van der Waals surface area contributed by atoms with Crippen molar-refractivity contribution in [3.8, 4) is 0 Å². The van der Waals surface area contributed by atoms with Crippen molar-refractivity contribution >= 4 is 32.2 Å². The zero-order valence-electron chi connectivity index (χ0n) is 15.5. The van der Waals surface area contributed by atoms with Gasteiger partial charge in [-0.3, -0.25) is 4.79 Å². The van der Waals surface area contributed by atoms with Gasteiger partial charge >= 0.3 is 0 Å². The number of carbonyl (C=O) groups is 1. The van der Waals surface area contributed by atoms with Crippen molar-refractivity contribution in [2.24, 2.45) is 10.9 Å². The van der Waals surface area contributed by atoms with Gasteiger partial charge in [0.15, 0.2) is 5.72 Å². The number of amides is 1. The molecule has 1 saturated heterocycles. The molecule has 2 aliphatic heterocycles. The lowest BCUT2D eigenvalue weighted by Crippen LogP contribution is -2.46. The summed E-state index contributed by atoms with van der Waals surface area (Å²) in [5.41, 5.74) is 2.58. The number of aromatic nitrogens is 1. The minimum absolute atomic E-state index is 0.0226. The Kier molecular flexibility index (Phi) is 5.16. The minimum atomic E-state index is -0.703. The second-order valence-electron chi connectivity index (χ2n) is 7.59. The number of carbonyl (C=O) groups excluding carboxylic acids is 1. The van der Waals surface area contributed by atoms with E-state index in [1.165, 1.54) is 7.17 Å². The van der Waals surface area contributed by atoms with Gasteiger partial charge in [0, 0.05) is 26.3 Å². The SMILES string of the molecule is [B][B]c1cc(C(C(=O)N2CC(O)CC2C2=NC(C)(C)ON2)C(C)C)on1. The Labute approximate surface area is 154 Å². The molecule has 3 radical (unpaired) electrons. The van der Waals surface area contributed by atoms with Gasteiger partial charge in [-0.05, 0) is 25.8 Å². The summed E-state index contributed by atoms with van der Waals surface area (Å²) in [6.07, 6.45) is -0.215. The predicted molar refractivity (Wildman–Crippen MR) is 97.1 cm³/mol. The molecule has 0 aromatic carbocycles. The summed E-state index contributed by atoms with van der Waals surface area (Å²) in [4.78, 5) is 24.9. The molecule has 8 nitrogen and oxygen atoms in total. The molecule has 1 aromatic rings. The molecule has 0 saturated carbocycles. The van der Waals surface area contributed by atoms with Gasteiger partial charge in [-0.2, -0.15) is 0 Å². The van der Waals surface area contributed by atoms with Gasteiger partial charge in [-0.1, -0.05) is 19.0 Å². The maximum absolute atomic E-state index is 13.3. The molecule has 1 fully saturated rings. The van der Waals surface area contributed by atoms with Crippen LogP contribution in [-0.4, -0.2) is 66.2 Å². The van der Waals surface area contributed by atoms with Crippen molar-refractivity contribution in [3.05, 3.63) is 11.8 Å². The highest BCUT2D eigenvalue weighted by Gasteiger charge is 2.44. The zero-order chi connectivity index (χ0) is 19.1. The van der Waals surface area contributed by atoms with Gasteiger partial charge < -0.3 is 14.5 Å². The van der Waals surface area contributed by atoms with E-state index in [9.17, 15) is 9.90 Å². The smallest absolute Gasteiger partial charge is 0.234 e. The highest BCUT2D eigenvalue weighted by atomic mass is 16.7. The number of hydroxylamine groups is 1. The summed E-state index contributed by atoms with van der Waals surface area (Å²) in [6.45, 7) is 7.76. The summed E-state index contributed by atoms with van der Waals surface area (Å²) in [6, 6.07) is 1.30. The first-order valence-corrected chi connectivity index (χ1v) is 8.75. The molecule has 3 unspecified atom stereocenters. The molecule has 1 amide bonds. The third-order valence-corrected chi connectivity index (χ3v) is 4.63. The first-order chi connectivity index (χ1) is 12.2. The molecular formula is C16H23B2N4O4. The maximum Gasteiger partial charge on any atom is 0.234 e. The van der Waals surface area contributed by atoms with Crippen LogP contribution in [0.3, 0.4) is 0 Å². The number of nitrogens with zero attached hydrogens (tertiary/aromatic N) is 3. The largest absolute Gasteiger partial charge is 0.391 e. The van der Waals surface area contributed by atoms with Crippen LogP contribution in [-0.2, 0) is 9.63 Å². The Bertz CT molecular complexity index is 706. The number of aliphatic hydroxyl groups excluding tert-OH is 1. The van der Waals surface area contributed by atoms with Crippen LogP contribution in [0.5, 0.6) is 0 Å². The normalized spacial score (nSPS) is 25.9. The summed E-state index contributed by atoms with van der Waals surface area (Å²) in [5.74, 6) is 0.316. The molecule has 1 aromatic heterocycles. The number of likely N-dealkylation sites (tertiary alicyclic amines) is 1. The van der Waals surface area contributed by atoms with Gasteiger partial charge in [0.1, 0.15) is 24.7 Å². The predicted octanol–water partition coefficient (Wildman–Crippen LogP) is -0.542. The lowest BCUT2D eigenvalue weighted by atomic mass is 9.53. The van der Waals surface area contributed by atoms with Gasteiger partial charge in [-0.15, -0.1) is 0 Å². The summed E-state index contributed by atoms with van der Waals surface area (Å²) in [5, 5.41) is 14.0. The number of aliphatic hydroxyl groups is 1. The molecule has 0 bridgehead atoms. The average Bonchev–Trinajstić information content (AvgIpc) is 3.25. The molecule has 2 aliphatic rings. The summed E-state index contributed by atoms with van der Waals surface area (Å²) in [7, 11) is 6.80. The molecule has 3 atom stereocenters. The number of hydrogen-bond acceptors (Lipinski definition) is 7. The molecule has 26 heavy (non-hydrogen) atoms. The van der Waals surface area contributed by atoms with Crippen LogP contribution in [0.2, 0.25) is 0 Å². The van der Waals surface area contributed by atoms with E-state index in [0.29, 0.717) is 23.6 Å². The van der Waals surface area contributed by atoms with E-state index in [2.05, 4.69) is 15.6 Å². The van der Waals surface area contributed by atoms with E-state index in [1.807, 2.05) is 27.7 Å². The standard InChI is InChI=1S/C16H23B2N4O4/c1-8(2)13(11-6-12(18-17)20-25-11)15(24)22-7-9(23)5-10(22)14-19-16(3,4)26-21-14/h6,8-10,13,23H,5,7H2,1-4H3,(H,19,21). The van der Waals surface area contributed by atoms with Crippen molar-refractivity contribution in [2.75, 3.05) is 6.54 Å². The van der Waals surface area contributed by atoms with E-state index < -0.39 is 17.7 Å². The Balaban J connectivity index is 1.87. The van der Waals surface area contributed by atoms with Gasteiger partial charge in [0.2, 0.25) is 5.91 Å². The topological polar surface area (TPSA) is 100 Å². The van der Waals surface area contributed by atoms with Crippen molar-refractivity contribution in [2.45, 2.75) is 57.9 Å². The molecule has 2 N–H and O–H groups in total. The number of amidine groups is 1. The van der Waals surface area contributed by atoms with E-state index in [-0.39, 0.29) is 24.4 Å². The zero-order valence-corrected chi connectivity index (χ0v) is 15.5. The molecule has 0 spiro atoms. The first kappa shape index (κ1) is 19.0. The van der Waals surface area contributed by atoms with Crippen LogP contribution in [0.1, 0.15) is 45.8 Å². The van der Waals surface area contributed by atoms with Crippen LogP contribution < -0.4 is 11.1 Å². The Morgan fingerprint density at radius 2 is 2.27 bits per heavy atom. The van der Waals surface area contributed by atoms with Crippen molar-refractivity contribution in [1.82, 2.24) is 15.5 Å². The fourth-order valence-corrected chi connectivity index (χ4v) is 3.42. The Morgan fingerprint density at radius 3 is 2.81 bits per heavy atom. The molecule has 0 aliphatic carbocycles. The lowest BCUT2D eigenvalue weighted by Gasteiger charge is -2.29. The van der Waals surface area contributed by atoms with Crippen molar-refractivity contribution in [1.29, 1.82) is 0 Å². The lowest BCUT2D eigenvalue weighted by molar-refractivity contribution is -0.134. The van der Waals surface area contributed by atoms with Crippen LogP contribution in [0, 0.1) is 5.92 Å². The third kappa shape index (κ3) is 3.66. The monoisotopic (exact) mass is 357 g/mol. The van der Waals surface area contributed by atoms with Gasteiger partial charge in [-0.25, -0.2) is 15.3 Å². The number of β-amino-alcohol motifs (C(OH)–C–C–N with tert-alkyl or cyclic N) is 1. The Morgan fingerprint density at radius 1 is 1.54 bits per heavy atom. The van der Waals surface area contributed by atoms with E-state index in [4.69, 9.17) is 17.1 Å². The van der Waals surface area contributed by atoms with Crippen LogP contribution in [0.15, 0.2) is 15.6 Å². The number of rotatable bonds is 5. The highest BCUT2D eigenvalue weighted by molar-refractivity contribution is 6.97. The fraction of sp³-hybridized carbons (Fsp3) is 0.688. The molecule has 3 rings (SSSR count). The summed E-state index contributed by atoms with van der Waals surface area (Å²) >= 11 is 0. The van der Waals surface area contributed by atoms with Crippen LogP contribution >= 0.6 is 0 Å². The fourth-order valence-electron chi connectivity index (χ4n) is 3.42.